The van der Waals surface area contributed by atoms with E-state index in [1.807, 2.05) is 0 Å². The second-order valence-electron chi connectivity index (χ2n) is 6.85. The number of aromatic nitrogens is 4. The maximum Gasteiger partial charge on any atom is 0.387 e. The van der Waals surface area contributed by atoms with E-state index in [0.29, 0.717) is 23.0 Å². The van der Waals surface area contributed by atoms with Crippen molar-refractivity contribution in [1.82, 2.24) is 19.6 Å². The fourth-order valence-corrected chi connectivity index (χ4v) is 5.05. The molecule has 1 atom stereocenters. The maximum atomic E-state index is 12.7. The van der Waals surface area contributed by atoms with Gasteiger partial charge in [-0.05, 0) is 42.9 Å². The molecule has 0 bridgehead atoms. The average Bonchev–Trinajstić information content (AvgIpc) is 3.21. The summed E-state index contributed by atoms with van der Waals surface area (Å²) in [5, 5.41) is 5.50. The molecule has 3 aromatic heterocycles. The minimum absolute atomic E-state index is 0.0637. The SMILES string of the molecule is C[C@@H]1CCc2c(sc3ncn4nc(-c5ccccc5OC(F)F)nc4c23)C1. The van der Waals surface area contributed by atoms with Crippen LogP contribution in [0.2, 0.25) is 0 Å². The number of benzene rings is 1. The molecule has 0 radical (unpaired) electrons. The Morgan fingerprint density at radius 3 is 3.00 bits per heavy atom. The minimum Gasteiger partial charge on any atom is -0.434 e. The van der Waals surface area contributed by atoms with Crippen LogP contribution < -0.4 is 4.74 Å². The molecule has 0 fully saturated rings. The van der Waals surface area contributed by atoms with Gasteiger partial charge in [0, 0.05) is 4.88 Å². The Balaban J connectivity index is 1.70. The normalized spacial score (nSPS) is 17.0. The zero-order valence-corrected chi connectivity index (χ0v) is 15.3. The largest absolute Gasteiger partial charge is 0.434 e. The van der Waals surface area contributed by atoms with Gasteiger partial charge in [0.05, 0.1) is 10.9 Å². The van der Waals surface area contributed by atoms with Gasteiger partial charge in [0.1, 0.15) is 16.9 Å². The Kier molecular flexibility index (Phi) is 3.82. The molecule has 1 aliphatic rings. The van der Waals surface area contributed by atoms with E-state index in [1.165, 1.54) is 16.5 Å². The van der Waals surface area contributed by atoms with Gasteiger partial charge < -0.3 is 4.74 Å². The molecule has 0 N–H and O–H groups in total. The summed E-state index contributed by atoms with van der Waals surface area (Å²) in [5.41, 5.74) is 2.46. The van der Waals surface area contributed by atoms with Crippen LogP contribution in [-0.4, -0.2) is 26.2 Å². The first kappa shape index (κ1) is 16.6. The molecule has 8 heteroatoms. The smallest absolute Gasteiger partial charge is 0.387 e. The van der Waals surface area contributed by atoms with Crippen LogP contribution in [0.5, 0.6) is 5.75 Å². The van der Waals surface area contributed by atoms with Gasteiger partial charge in [-0.15, -0.1) is 16.4 Å². The van der Waals surface area contributed by atoms with Gasteiger partial charge in [-0.25, -0.2) is 14.5 Å². The van der Waals surface area contributed by atoms with Crippen molar-refractivity contribution < 1.29 is 13.5 Å². The molecule has 0 saturated carbocycles. The molecule has 5 nitrogen and oxygen atoms in total. The Labute approximate surface area is 157 Å². The summed E-state index contributed by atoms with van der Waals surface area (Å²) in [6.07, 6.45) is 4.85. The van der Waals surface area contributed by atoms with Crippen LogP contribution in [0.15, 0.2) is 30.6 Å². The van der Waals surface area contributed by atoms with E-state index < -0.39 is 6.61 Å². The van der Waals surface area contributed by atoms with Crippen LogP contribution in [-0.2, 0) is 12.8 Å². The summed E-state index contributed by atoms with van der Waals surface area (Å²) in [7, 11) is 0. The number of thiophene rings is 1. The Morgan fingerprint density at radius 1 is 1.30 bits per heavy atom. The first-order valence-corrected chi connectivity index (χ1v) is 9.61. The quantitative estimate of drug-likeness (QED) is 0.511. The number of halogens is 2. The van der Waals surface area contributed by atoms with Crippen LogP contribution >= 0.6 is 11.3 Å². The number of rotatable bonds is 3. The topological polar surface area (TPSA) is 52.3 Å². The van der Waals surface area contributed by atoms with Crippen molar-refractivity contribution in [2.45, 2.75) is 32.8 Å². The second-order valence-corrected chi connectivity index (χ2v) is 7.94. The van der Waals surface area contributed by atoms with Gasteiger partial charge in [0.25, 0.3) is 0 Å². The van der Waals surface area contributed by atoms with Crippen LogP contribution in [0.1, 0.15) is 23.8 Å². The van der Waals surface area contributed by atoms with Crippen molar-refractivity contribution >= 4 is 27.2 Å². The lowest BCUT2D eigenvalue weighted by Crippen LogP contribution is -2.08. The van der Waals surface area contributed by atoms with Crippen molar-refractivity contribution in [3.05, 3.63) is 41.0 Å². The molecule has 5 rings (SSSR count). The number of ether oxygens (including phenoxy) is 1. The molecule has 0 spiro atoms. The van der Waals surface area contributed by atoms with Gasteiger partial charge in [-0.1, -0.05) is 19.1 Å². The molecule has 138 valence electrons. The third-order valence-corrected chi connectivity index (χ3v) is 6.14. The minimum atomic E-state index is -2.90. The highest BCUT2D eigenvalue weighted by Crippen LogP contribution is 2.39. The predicted octanol–water partition coefficient (Wildman–Crippen LogP) is 4.73. The number of para-hydroxylation sites is 1. The summed E-state index contributed by atoms with van der Waals surface area (Å²) in [5.74, 6) is 1.09. The van der Waals surface area contributed by atoms with Crippen molar-refractivity contribution in [3.63, 3.8) is 0 Å². The standard InChI is InChI=1S/C19H16F2N4OS/c1-10-6-7-12-14(8-10)27-18-15(12)17-23-16(24-25(17)9-22-18)11-4-2-3-5-13(11)26-19(20)21/h2-5,9-10,19H,6-8H2,1H3/t10-/m1/s1. The molecule has 0 aliphatic heterocycles. The Hall–Kier alpha value is -2.61. The molecule has 0 amide bonds. The lowest BCUT2D eigenvalue weighted by atomic mass is 9.89. The summed E-state index contributed by atoms with van der Waals surface area (Å²) < 4.78 is 31.7. The molecular weight excluding hydrogens is 370 g/mol. The predicted molar refractivity (Wildman–Crippen MR) is 99.4 cm³/mol. The first-order valence-electron chi connectivity index (χ1n) is 8.80. The number of alkyl halides is 2. The lowest BCUT2D eigenvalue weighted by molar-refractivity contribution is -0.0494. The number of fused-ring (bicyclic) bond motifs is 5. The maximum absolute atomic E-state index is 12.7. The summed E-state index contributed by atoms with van der Waals surface area (Å²) >= 11 is 1.72. The second kappa shape index (κ2) is 6.23. The molecule has 1 aromatic carbocycles. The van der Waals surface area contributed by atoms with Crippen molar-refractivity contribution in [2.24, 2.45) is 5.92 Å². The molecule has 4 aromatic rings. The average molecular weight is 386 g/mol. The summed E-state index contributed by atoms with van der Waals surface area (Å²) in [6, 6.07) is 6.57. The number of nitrogens with zero attached hydrogens (tertiary/aromatic N) is 4. The fourth-order valence-electron chi connectivity index (χ4n) is 3.70. The number of hydrogen-bond acceptors (Lipinski definition) is 5. The van der Waals surface area contributed by atoms with Crippen molar-refractivity contribution in [3.8, 4) is 17.1 Å². The Morgan fingerprint density at radius 2 is 2.15 bits per heavy atom. The van der Waals surface area contributed by atoms with Gasteiger partial charge in [0.2, 0.25) is 0 Å². The molecule has 0 unspecified atom stereocenters. The van der Waals surface area contributed by atoms with Crippen LogP contribution in [0.25, 0.3) is 27.3 Å². The highest BCUT2D eigenvalue weighted by molar-refractivity contribution is 7.19. The van der Waals surface area contributed by atoms with Crippen molar-refractivity contribution in [1.29, 1.82) is 0 Å². The van der Waals surface area contributed by atoms with E-state index in [-0.39, 0.29) is 5.75 Å². The van der Waals surface area contributed by atoms with Crippen molar-refractivity contribution in [2.75, 3.05) is 0 Å². The van der Waals surface area contributed by atoms with Crippen LogP contribution in [0, 0.1) is 5.92 Å². The van der Waals surface area contributed by atoms with Gasteiger partial charge in [0.15, 0.2) is 11.5 Å². The van der Waals surface area contributed by atoms with Gasteiger partial charge in [-0.2, -0.15) is 8.78 Å². The highest BCUT2D eigenvalue weighted by Gasteiger charge is 2.24. The van der Waals surface area contributed by atoms with E-state index in [0.717, 1.165) is 29.5 Å². The van der Waals surface area contributed by atoms with E-state index in [1.54, 1.807) is 40.4 Å². The third-order valence-electron chi connectivity index (χ3n) is 4.98. The fraction of sp³-hybridized carbons (Fsp3) is 0.316. The summed E-state index contributed by atoms with van der Waals surface area (Å²) in [6.45, 7) is -0.631. The van der Waals surface area contributed by atoms with Gasteiger partial charge in [-0.3, -0.25) is 0 Å². The molecule has 3 heterocycles. The monoisotopic (exact) mass is 386 g/mol. The van der Waals surface area contributed by atoms with Crippen LogP contribution in [0.3, 0.4) is 0 Å². The number of hydrogen-bond donors (Lipinski definition) is 0. The zero-order valence-electron chi connectivity index (χ0n) is 14.5. The first-order chi connectivity index (χ1) is 13.1. The van der Waals surface area contributed by atoms with E-state index in [9.17, 15) is 8.78 Å². The third kappa shape index (κ3) is 2.75. The molecule has 1 aliphatic carbocycles. The van der Waals surface area contributed by atoms with E-state index in [2.05, 4.69) is 26.7 Å². The highest BCUT2D eigenvalue weighted by atomic mass is 32.1. The molecular formula is C19H16F2N4OS. The molecule has 0 saturated heterocycles. The van der Waals surface area contributed by atoms with E-state index >= 15 is 0 Å². The van der Waals surface area contributed by atoms with E-state index in [4.69, 9.17) is 0 Å². The Bertz CT molecular complexity index is 1150. The zero-order chi connectivity index (χ0) is 18.5. The van der Waals surface area contributed by atoms with Crippen LogP contribution in [0.4, 0.5) is 8.78 Å². The summed E-state index contributed by atoms with van der Waals surface area (Å²) in [4.78, 5) is 11.5. The van der Waals surface area contributed by atoms with Gasteiger partial charge >= 0.3 is 6.61 Å². The lowest BCUT2D eigenvalue weighted by Gasteiger charge is -2.17. The number of aryl methyl sites for hydroxylation is 1. The molecule has 27 heavy (non-hydrogen) atoms.